The van der Waals surface area contributed by atoms with E-state index in [1.54, 1.807) is 73.8 Å². The number of aromatic nitrogens is 4. The highest BCUT2D eigenvalue weighted by Gasteiger charge is 2.15. The Balaban J connectivity index is 1.42. The number of carbonyl (C=O) groups is 1. The first-order valence-electron chi connectivity index (χ1n) is 10.4. The molecule has 2 aromatic heterocycles. The minimum atomic E-state index is -0.323. The first-order chi connectivity index (χ1) is 16.6. The third kappa shape index (κ3) is 5.47. The van der Waals surface area contributed by atoms with E-state index in [0.29, 0.717) is 40.8 Å². The lowest BCUT2D eigenvalue weighted by Crippen LogP contribution is -2.24. The summed E-state index contributed by atoms with van der Waals surface area (Å²) in [5.41, 5.74) is 2.48. The molecule has 2 heterocycles. The van der Waals surface area contributed by atoms with Crippen molar-refractivity contribution in [1.82, 2.24) is 25.3 Å². The molecule has 0 saturated carbocycles. The predicted molar refractivity (Wildman–Crippen MR) is 124 cm³/mol. The highest BCUT2D eigenvalue weighted by Crippen LogP contribution is 2.31. The Bertz CT molecular complexity index is 1280. The standard InChI is InChI=1S/C24H23FN6O3/c1-33-19-9-10-21(22(12-19)34-2)28-23-20(4-3-11-26-23)24(32)27-13-18-15-31(30-29-18)14-16-5-7-17(25)8-6-16/h3-12,15H,13-14H2,1-2H3,(H,26,28)(H,27,32). The number of carbonyl (C=O) groups excluding carboxylic acids is 1. The molecule has 10 heteroatoms. The normalized spacial score (nSPS) is 10.6. The van der Waals surface area contributed by atoms with Crippen LogP contribution in [0.3, 0.4) is 0 Å². The number of nitrogens with zero attached hydrogens (tertiary/aromatic N) is 4. The summed E-state index contributed by atoms with van der Waals surface area (Å²) >= 11 is 0. The molecular weight excluding hydrogens is 439 g/mol. The number of hydrogen-bond donors (Lipinski definition) is 2. The maximum absolute atomic E-state index is 13.1. The van der Waals surface area contributed by atoms with Gasteiger partial charge < -0.3 is 20.1 Å². The summed E-state index contributed by atoms with van der Waals surface area (Å²) < 4.78 is 25.3. The van der Waals surface area contributed by atoms with Gasteiger partial charge in [0, 0.05) is 12.3 Å². The number of amides is 1. The lowest BCUT2D eigenvalue weighted by atomic mass is 10.2. The molecule has 2 N–H and O–H groups in total. The number of ether oxygens (including phenoxy) is 2. The van der Waals surface area contributed by atoms with E-state index in [0.717, 1.165) is 5.56 Å². The molecule has 2 aromatic carbocycles. The number of methoxy groups -OCH3 is 2. The molecular formula is C24H23FN6O3. The fourth-order valence-electron chi connectivity index (χ4n) is 3.26. The summed E-state index contributed by atoms with van der Waals surface area (Å²) in [6, 6.07) is 14.8. The Hall–Kier alpha value is -4.47. The van der Waals surface area contributed by atoms with E-state index in [1.807, 2.05) is 0 Å². The quantitative estimate of drug-likeness (QED) is 0.392. The monoisotopic (exact) mass is 462 g/mol. The SMILES string of the molecule is COc1ccc(Nc2ncccc2C(=O)NCc2cn(Cc3ccc(F)cc3)nn2)c(OC)c1. The fraction of sp³-hybridized carbons (Fsp3) is 0.167. The summed E-state index contributed by atoms with van der Waals surface area (Å²) in [5, 5.41) is 14.1. The summed E-state index contributed by atoms with van der Waals surface area (Å²) in [4.78, 5) is 17.2. The van der Waals surface area contributed by atoms with Gasteiger partial charge in [0.15, 0.2) is 0 Å². The molecule has 1 amide bonds. The molecule has 0 bridgehead atoms. The van der Waals surface area contributed by atoms with E-state index in [-0.39, 0.29) is 18.3 Å². The van der Waals surface area contributed by atoms with E-state index >= 15 is 0 Å². The minimum Gasteiger partial charge on any atom is -0.497 e. The van der Waals surface area contributed by atoms with Crippen LogP contribution in [0.1, 0.15) is 21.6 Å². The topological polar surface area (TPSA) is 103 Å². The molecule has 4 rings (SSSR count). The largest absolute Gasteiger partial charge is 0.497 e. The van der Waals surface area contributed by atoms with Crippen LogP contribution < -0.4 is 20.1 Å². The van der Waals surface area contributed by atoms with Crippen LogP contribution in [0.4, 0.5) is 15.9 Å². The van der Waals surface area contributed by atoms with E-state index in [9.17, 15) is 9.18 Å². The van der Waals surface area contributed by atoms with E-state index < -0.39 is 0 Å². The van der Waals surface area contributed by atoms with E-state index in [2.05, 4.69) is 25.9 Å². The summed E-state index contributed by atoms with van der Waals surface area (Å²) in [6.07, 6.45) is 3.32. The molecule has 0 fully saturated rings. The Morgan fingerprint density at radius 1 is 1.09 bits per heavy atom. The molecule has 174 valence electrons. The third-order valence-electron chi connectivity index (χ3n) is 4.99. The number of anilines is 2. The molecule has 0 aliphatic rings. The molecule has 0 aliphatic carbocycles. The van der Waals surface area contributed by atoms with Gasteiger partial charge >= 0.3 is 0 Å². The number of benzene rings is 2. The van der Waals surface area contributed by atoms with Crippen LogP contribution in [0.15, 0.2) is 67.0 Å². The van der Waals surface area contributed by atoms with Gasteiger partial charge in [-0.05, 0) is 42.0 Å². The molecule has 0 aliphatic heterocycles. The van der Waals surface area contributed by atoms with Crippen molar-refractivity contribution in [3.8, 4) is 11.5 Å². The first-order valence-corrected chi connectivity index (χ1v) is 10.4. The van der Waals surface area contributed by atoms with Crippen molar-refractivity contribution in [1.29, 1.82) is 0 Å². The van der Waals surface area contributed by atoms with Crippen molar-refractivity contribution in [3.05, 3.63) is 89.6 Å². The van der Waals surface area contributed by atoms with Gasteiger partial charge in [-0.2, -0.15) is 0 Å². The van der Waals surface area contributed by atoms with Gasteiger partial charge in [-0.3, -0.25) is 4.79 Å². The second-order valence-corrected chi connectivity index (χ2v) is 7.31. The molecule has 0 atom stereocenters. The molecule has 34 heavy (non-hydrogen) atoms. The highest BCUT2D eigenvalue weighted by molar-refractivity contribution is 5.99. The molecule has 0 saturated heterocycles. The molecule has 0 unspecified atom stereocenters. The zero-order valence-electron chi connectivity index (χ0n) is 18.7. The second kappa shape index (κ2) is 10.4. The average molecular weight is 462 g/mol. The minimum absolute atomic E-state index is 0.183. The van der Waals surface area contributed by atoms with Crippen LogP contribution in [-0.4, -0.2) is 40.1 Å². The van der Waals surface area contributed by atoms with Gasteiger partial charge in [-0.1, -0.05) is 17.3 Å². The maximum Gasteiger partial charge on any atom is 0.255 e. The van der Waals surface area contributed by atoms with Crippen molar-refractivity contribution in [3.63, 3.8) is 0 Å². The second-order valence-electron chi connectivity index (χ2n) is 7.31. The molecule has 0 spiro atoms. The van der Waals surface area contributed by atoms with Gasteiger partial charge in [0.25, 0.3) is 5.91 Å². The van der Waals surface area contributed by atoms with E-state index in [1.165, 1.54) is 12.1 Å². The molecule has 0 radical (unpaired) electrons. The Morgan fingerprint density at radius 3 is 2.68 bits per heavy atom. The Labute approximate surface area is 195 Å². The fourth-order valence-corrected chi connectivity index (χ4v) is 3.26. The lowest BCUT2D eigenvalue weighted by molar-refractivity contribution is 0.0951. The average Bonchev–Trinajstić information content (AvgIpc) is 3.31. The Morgan fingerprint density at radius 2 is 1.91 bits per heavy atom. The van der Waals surface area contributed by atoms with Gasteiger partial charge in [0.2, 0.25) is 0 Å². The number of rotatable bonds is 9. The lowest BCUT2D eigenvalue weighted by Gasteiger charge is -2.14. The van der Waals surface area contributed by atoms with Crippen LogP contribution in [0.2, 0.25) is 0 Å². The predicted octanol–water partition coefficient (Wildman–Crippen LogP) is 3.55. The summed E-state index contributed by atoms with van der Waals surface area (Å²) in [6.45, 7) is 0.629. The van der Waals surface area contributed by atoms with Gasteiger partial charge in [0.05, 0.1) is 44.8 Å². The molecule has 4 aromatic rings. The van der Waals surface area contributed by atoms with Gasteiger partial charge in [0.1, 0.15) is 28.8 Å². The van der Waals surface area contributed by atoms with Gasteiger partial charge in [-0.25, -0.2) is 14.1 Å². The zero-order valence-corrected chi connectivity index (χ0v) is 18.7. The van der Waals surface area contributed by atoms with Crippen LogP contribution in [0, 0.1) is 5.82 Å². The van der Waals surface area contributed by atoms with Crippen molar-refractivity contribution in [2.75, 3.05) is 19.5 Å². The maximum atomic E-state index is 13.1. The van der Waals surface area contributed by atoms with Crippen LogP contribution in [0.25, 0.3) is 0 Å². The summed E-state index contributed by atoms with van der Waals surface area (Å²) in [7, 11) is 3.12. The molecule has 9 nitrogen and oxygen atoms in total. The number of pyridine rings is 1. The van der Waals surface area contributed by atoms with Crippen molar-refractivity contribution in [2.45, 2.75) is 13.1 Å². The number of halogens is 1. The number of nitrogens with one attached hydrogen (secondary N) is 2. The number of hydrogen-bond acceptors (Lipinski definition) is 7. The van der Waals surface area contributed by atoms with Crippen molar-refractivity contribution in [2.24, 2.45) is 0 Å². The smallest absolute Gasteiger partial charge is 0.255 e. The van der Waals surface area contributed by atoms with Crippen LogP contribution >= 0.6 is 0 Å². The Kier molecular flexibility index (Phi) is 6.97. The van der Waals surface area contributed by atoms with Crippen LogP contribution in [-0.2, 0) is 13.1 Å². The van der Waals surface area contributed by atoms with E-state index in [4.69, 9.17) is 9.47 Å². The third-order valence-corrected chi connectivity index (χ3v) is 4.99. The summed E-state index contributed by atoms with van der Waals surface area (Å²) in [5.74, 6) is 0.961. The van der Waals surface area contributed by atoms with Gasteiger partial charge in [-0.15, -0.1) is 5.10 Å². The van der Waals surface area contributed by atoms with Crippen LogP contribution in [0.5, 0.6) is 11.5 Å². The highest BCUT2D eigenvalue weighted by atomic mass is 19.1. The van der Waals surface area contributed by atoms with Crippen molar-refractivity contribution >= 4 is 17.4 Å². The first kappa shape index (κ1) is 22.7. The van der Waals surface area contributed by atoms with Crippen molar-refractivity contribution < 1.29 is 18.7 Å². The zero-order chi connectivity index (χ0) is 23.9.